The van der Waals surface area contributed by atoms with E-state index in [1.54, 1.807) is 24.3 Å². The van der Waals surface area contributed by atoms with Crippen molar-refractivity contribution in [3.05, 3.63) is 53.3 Å². The van der Waals surface area contributed by atoms with Crippen molar-refractivity contribution in [1.29, 1.82) is 0 Å². The maximum Gasteiger partial charge on any atom is 0.251 e. The monoisotopic (exact) mass is 331 g/mol. The van der Waals surface area contributed by atoms with E-state index < -0.39 is 0 Å². The average Bonchev–Trinajstić information content (AvgIpc) is 3.03. The summed E-state index contributed by atoms with van der Waals surface area (Å²) in [6, 6.07) is 9.79. The van der Waals surface area contributed by atoms with Crippen LogP contribution in [-0.4, -0.2) is 32.8 Å². The maximum absolute atomic E-state index is 13.7. The van der Waals surface area contributed by atoms with Crippen LogP contribution < -0.4 is 19.5 Å². The first kappa shape index (κ1) is 16.1. The van der Waals surface area contributed by atoms with Gasteiger partial charge >= 0.3 is 0 Å². The van der Waals surface area contributed by atoms with Crippen molar-refractivity contribution in [2.75, 3.05) is 20.8 Å². The predicted octanol–water partition coefficient (Wildman–Crippen LogP) is 2.58. The number of rotatable bonds is 5. The third-order valence-electron chi connectivity index (χ3n) is 3.88. The summed E-state index contributed by atoms with van der Waals surface area (Å²) in [7, 11) is 3.04. The van der Waals surface area contributed by atoms with Gasteiger partial charge in [-0.15, -0.1) is 0 Å². The normalized spacial score (nSPS) is 15.4. The first-order chi connectivity index (χ1) is 11.6. The number of amides is 1. The molecule has 0 spiro atoms. The number of fused-ring (bicyclic) bond motifs is 1. The Morgan fingerprint density at radius 3 is 2.58 bits per heavy atom. The Hall–Kier alpha value is -2.76. The average molecular weight is 331 g/mol. The number of nitrogens with one attached hydrogen (secondary N) is 1. The van der Waals surface area contributed by atoms with Gasteiger partial charge in [0.2, 0.25) is 0 Å². The van der Waals surface area contributed by atoms with Crippen LogP contribution in [0.25, 0.3) is 0 Å². The highest BCUT2D eigenvalue weighted by atomic mass is 19.1. The topological polar surface area (TPSA) is 56.8 Å². The Morgan fingerprint density at radius 1 is 1.25 bits per heavy atom. The lowest BCUT2D eigenvalue weighted by Gasteiger charge is -2.13. The summed E-state index contributed by atoms with van der Waals surface area (Å²) >= 11 is 0. The van der Waals surface area contributed by atoms with Gasteiger partial charge in [0, 0.05) is 23.6 Å². The van der Waals surface area contributed by atoms with Crippen molar-refractivity contribution in [2.24, 2.45) is 0 Å². The van der Waals surface area contributed by atoms with E-state index >= 15 is 0 Å². The number of halogens is 1. The molecule has 0 aliphatic carbocycles. The van der Waals surface area contributed by atoms with Gasteiger partial charge in [0.05, 0.1) is 20.8 Å². The molecule has 0 fully saturated rings. The van der Waals surface area contributed by atoms with Gasteiger partial charge in [-0.2, -0.15) is 0 Å². The molecule has 3 rings (SSSR count). The second-order valence-electron chi connectivity index (χ2n) is 5.48. The summed E-state index contributed by atoms with van der Waals surface area (Å²) in [6.07, 6.45) is 0.280. The SMILES string of the molecule is COc1cc(OC)cc(C(=O)NC[C@@H]2Cc3cccc(F)c3O2)c1. The number of para-hydroxylation sites is 1. The van der Waals surface area contributed by atoms with Crippen LogP contribution in [0.3, 0.4) is 0 Å². The standard InChI is InChI=1S/C18H18FNO4/c1-22-13-7-12(8-14(9-13)23-2)18(21)20-10-15-6-11-4-3-5-16(19)17(11)24-15/h3-5,7-9,15H,6,10H2,1-2H3,(H,20,21)/t15-/m0/s1. The van der Waals surface area contributed by atoms with Gasteiger partial charge in [0.25, 0.3) is 5.91 Å². The van der Waals surface area contributed by atoms with E-state index in [4.69, 9.17) is 14.2 Å². The molecule has 126 valence electrons. The highest BCUT2D eigenvalue weighted by molar-refractivity contribution is 5.95. The van der Waals surface area contributed by atoms with Crippen molar-refractivity contribution >= 4 is 5.91 Å². The highest BCUT2D eigenvalue weighted by Gasteiger charge is 2.26. The third-order valence-corrected chi connectivity index (χ3v) is 3.88. The predicted molar refractivity (Wildman–Crippen MR) is 86.4 cm³/mol. The summed E-state index contributed by atoms with van der Waals surface area (Å²) in [5.41, 5.74) is 1.24. The largest absolute Gasteiger partial charge is 0.497 e. The van der Waals surface area contributed by atoms with Gasteiger partial charge in [0.15, 0.2) is 11.6 Å². The van der Waals surface area contributed by atoms with Gasteiger partial charge < -0.3 is 19.5 Å². The Balaban J connectivity index is 1.64. The summed E-state index contributed by atoms with van der Waals surface area (Å²) in [4.78, 5) is 12.3. The van der Waals surface area contributed by atoms with Gasteiger partial charge in [-0.05, 0) is 18.2 Å². The maximum atomic E-state index is 13.7. The van der Waals surface area contributed by atoms with Crippen LogP contribution >= 0.6 is 0 Å². The van der Waals surface area contributed by atoms with E-state index in [0.717, 1.165) is 5.56 Å². The minimum absolute atomic E-state index is 0.271. The van der Waals surface area contributed by atoms with E-state index in [2.05, 4.69) is 5.32 Å². The summed E-state index contributed by atoms with van der Waals surface area (Å²) in [6.45, 7) is 0.284. The number of hydrogen-bond acceptors (Lipinski definition) is 4. The Kier molecular flexibility index (Phi) is 4.55. The Labute approximate surface area is 139 Å². The van der Waals surface area contributed by atoms with Crippen molar-refractivity contribution in [3.63, 3.8) is 0 Å². The molecule has 1 N–H and O–H groups in total. The van der Waals surface area contributed by atoms with Gasteiger partial charge in [-0.3, -0.25) is 4.79 Å². The van der Waals surface area contributed by atoms with E-state index in [1.165, 1.54) is 20.3 Å². The van der Waals surface area contributed by atoms with E-state index in [9.17, 15) is 9.18 Å². The second kappa shape index (κ2) is 6.78. The molecule has 0 saturated heterocycles. The molecule has 2 aromatic carbocycles. The van der Waals surface area contributed by atoms with E-state index in [1.807, 2.05) is 6.07 Å². The van der Waals surface area contributed by atoms with Crippen molar-refractivity contribution < 1.29 is 23.4 Å². The minimum Gasteiger partial charge on any atom is -0.497 e. The molecule has 24 heavy (non-hydrogen) atoms. The number of carbonyl (C=O) groups is 1. The fourth-order valence-corrected chi connectivity index (χ4v) is 2.66. The molecule has 1 atom stereocenters. The molecular weight excluding hydrogens is 313 g/mol. The molecule has 0 saturated carbocycles. The quantitative estimate of drug-likeness (QED) is 0.915. The summed E-state index contributed by atoms with van der Waals surface area (Å²) < 4.78 is 29.5. The Morgan fingerprint density at radius 2 is 1.96 bits per heavy atom. The Bertz CT molecular complexity index is 740. The molecular formula is C18H18FNO4. The molecule has 1 heterocycles. The number of hydrogen-bond donors (Lipinski definition) is 1. The smallest absolute Gasteiger partial charge is 0.251 e. The number of methoxy groups -OCH3 is 2. The van der Waals surface area contributed by atoms with Crippen LogP contribution in [0.15, 0.2) is 36.4 Å². The second-order valence-corrected chi connectivity index (χ2v) is 5.48. The first-order valence-corrected chi connectivity index (χ1v) is 7.56. The molecule has 0 unspecified atom stereocenters. The zero-order valence-corrected chi connectivity index (χ0v) is 13.5. The lowest BCUT2D eigenvalue weighted by atomic mass is 10.1. The molecule has 5 nitrogen and oxygen atoms in total. The fraction of sp³-hybridized carbons (Fsp3) is 0.278. The van der Waals surface area contributed by atoms with Gasteiger partial charge in [-0.1, -0.05) is 12.1 Å². The van der Waals surface area contributed by atoms with Crippen molar-refractivity contribution in [3.8, 4) is 17.2 Å². The lowest BCUT2D eigenvalue weighted by Crippen LogP contribution is -2.34. The molecule has 0 bridgehead atoms. The highest BCUT2D eigenvalue weighted by Crippen LogP contribution is 2.31. The molecule has 6 heteroatoms. The molecule has 1 amide bonds. The van der Waals surface area contributed by atoms with Crippen LogP contribution in [0.1, 0.15) is 15.9 Å². The molecule has 0 radical (unpaired) electrons. The molecule has 1 aliphatic heterocycles. The first-order valence-electron chi connectivity index (χ1n) is 7.56. The van der Waals surface area contributed by atoms with Crippen molar-refractivity contribution in [2.45, 2.75) is 12.5 Å². The van der Waals surface area contributed by atoms with Crippen LogP contribution in [0.5, 0.6) is 17.2 Å². The van der Waals surface area contributed by atoms with Crippen molar-refractivity contribution in [1.82, 2.24) is 5.32 Å². The van der Waals surface area contributed by atoms with Gasteiger partial charge in [0.1, 0.15) is 17.6 Å². The van der Waals surface area contributed by atoms with E-state index in [-0.39, 0.29) is 30.1 Å². The number of carbonyl (C=O) groups excluding carboxylic acids is 1. The van der Waals surface area contributed by atoms with Crippen LogP contribution in [-0.2, 0) is 6.42 Å². The number of ether oxygens (including phenoxy) is 3. The fourth-order valence-electron chi connectivity index (χ4n) is 2.66. The molecule has 0 aromatic heterocycles. The van der Waals surface area contributed by atoms with Gasteiger partial charge in [-0.25, -0.2) is 4.39 Å². The van der Waals surface area contributed by atoms with Crippen LogP contribution in [0, 0.1) is 5.82 Å². The van der Waals surface area contributed by atoms with Crippen LogP contribution in [0.4, 0.5) is 4.39 Å². The molecule has 1 aliphatic rings. The summed E-state index contributed by atoms with van der Waals surface area (Å²) in [5.74, 6) is 0.697. The third kappa shape index (κ3) is 3.27. The number of benzene rings is 2. The lowest BCUT2D eigenvalue weighted by molar-refractivity contribution is 0.0932. The zero-order chi connectivity index (χ0) is 17.1. The molecule has 2 aromatic rings. The summed E-state index contributed by atoms with van der Waals surface area (Å²) in [5, 5.41) is 2.80. The minimum atomic E-state index is -0.376. The van der Waals surface area contributed by atoms with E-state index in [0.29, 0.717) is 23.5 Å². The zero-order valence-electron chi connectivity index (χ0n) is 13.5. The van der Waals surface area contributed by atoms with Crippen LogP contribution in [0.2, 0.25) is 0 Å².